The summed E-state index contributed by atoms with van der Waals surface area (Å²) in [5, 5.41) is 15.5. The topological polar surface area (TPSA) is 109 Å². The number of hydrogen-bond donors (Lipinski definition) is 2. The fourth-order valence-electron chi connectivity index (χ4n) is 0.182. The van der Waals surface area contributed by atoms with E-state index in [1.165, 1.54) is 0 Å². The Kier molecular flexibility index (Phi) is 8.92. The molecule has 0 aromatic carbocycles. The van der Waals surface area contributed by atoms with Crippen molar-refractivity contribution >= 4 is 24.0 Å². The van der Waals surface area contributed by atoms with Gasteiger partial charge in [0.05, 0.1) is 6.42 Å². The quantitative estimate of drug-likeness (QED) is 0.465. The van der Waals surface area contributed by atoms with E-state index in [2.05, 4.69) is 0 Å². The molecule has 0 aliphatic heterocycles. The third kappa shape index (κ3) is 17.9. The number of ketones is 1. The predicted molar refractivity (Wildman–Crippen MR) is 41.3 cm³/mol. The van der Waals surface area contributed by atoms with Gasteiger partial charge in [0.2, 0.25) is 5.78 Å². The third-order valence-electron chi connectivity index (χ3n) is 0.777. The van der Waals surface area contributed by atoms with Crippen molar-refractivity contribution in [3.05, 3.63) is 0 Å². The van der Waals surface area contributed by atoms with Gasteiger partial charge in [-0.2, -0.15) is 0 Å². The summed E-state index contributed by atoms with van der Waals surface area (Å²) < 4.78 is 0. The maximum absolute atomic E-state index is 9.60. The Hall–Kier alpha value is -1.72. The summed E-state index contributed by atoms with van der Waals surface area (Å²) in [5.74, 6) is -3.13. The standard InChI is InChI=1S/C4H6O3.C3H4O3/c5-3-1-2-4(6)7;1-2(4)3(5)6/h3H,1-2H2,(H,6,7);1H3,(H,5,6). The Balaban J connectivity index is 0. The summed E-state index contributed by atoms with van der Waals surface area (Å²) in [6.45, 7) is 1.00. The highest BCUT2D eigenvalue weighted by molar-refractivity contribution is 6.31. The lowest BCUT2D eigenvalue weighted by Gasteiger charge is -1.79. The SMILES string of the molecule is CC(=O)C(=O)O.O=CCCC(=O)O. The minimum Gasteiger partial charge on any atom is -0.481 e. The first kappa shape index (κ1) is 13.8. The number of hydrogen-bond acceptors (Lipinski definition) is 4. The summed E-state index contributed by atoms with van der Waals surface area (Å²) in [4.78, 5) is 37.9. The second-order valence-electron chi connectivity index (χ2n) is 1.96. The van der Waals surface area contributed by atoms with E-state index in [1.807, 2.05) is 0 Å². The molecule has 0 heterocycles. The zero-order valence-corrected chi connectivity index (χ0v) is 7.02. The maximum atomic E-state index is 9.60. The summed E-state index contributed by atoms with van der Waals surface area (Å²) >= 11 is 0. The van der Waals surface area contributed by atoms with E-state index < -0.39 is 17.7 Å². The van der Waals surface area contributed by atoms with Crippen LogP contribution in [0.1, 0.15) is 19.8 Å². The van der Waals surface area contributed by atoms with Crippen molar-refractivity contribution < 1.29 is 29.4 Å². The zero-order chi connectivity index (χ0) is 10.9. The molecule has 13 heavy (non-hydrogen) atoms. The van der Waals surface area contributed by atoms with E-state index in [4.69, 9.17) is 10.2 Å². The molecule has 0 fully saturated rings. The molecule has 6 nitrogen and oxygen atoms in total. The second-order valence-corrected chi connectivity index (χ2v) is 1.96. The monoisotopic (exact) mass is 190 g/mol. The number of carbonyl (C=O) groups excluding carboxylic acids is 2. The van der Waals surface area contributed by atoms with Crippen LogP contribution >= 0.6 is 0 Å². The Bertz CT molecular complexity index is 195. The maximum Gasteiger partial charge on any atom is 0.371 e. The lowest BCUT2D eigenvalue weighted by atomic mass is 10.3. The first-order chi connectivity index (χ1) is 5.91. The highest BCUT2D eigenvalue weighted by Gasteiger charge is 1.99. The second kappa shape index (κ2) is 8.38. The van der Waals surface area contributed by atoms with Gasteiger partial charge in [-0.15, -0.1) is 0 Å². The molecule has 0 aliphatic rings. The number of carboxylic acids is 2. The van der Waals surface area contributed by atoms with Gasteiger partial charge in [0, 0.05) is 13.3 Å². The Morgan fingerprint density at radius 1 is 1.23 bits per heavy atom. The summed E-state index contributed by atoms with van der Waals surface area (Å²) in [6, 6.07) is 0. The molecule has 74 valence electrons. The van der Waals surface area contributed by atoms with Gasteiger partial charge in [0.25, 0.3) is 0 Å². The van der Waals surface area contributed by atoms with Gasteiger partial charge in [0.1, 0.15) is 6.29 Å². The van der Waals surface area contributed by atoms with Crippen LogP contribution in [0.5, 0.6) is 0 Å². The molecule has 0 spiro atoms. The highest BCUT2D eigenvalue weighted by Crippen LogP contribution is 1.80. The fraction of sp³-hybridized carbons (Fsp3) is 0.429. The molecule has 2 N–H and O–H groups in total. The summed E-state index contributed by atoms with van der Waals surface area (Å²) in [7, 11) is 0. The molecule has 0 atom stereocenters. The molecular formula is C7H10O6. The number of Topliss-reactive ketones (excluding diaryl/α,β-unsaturated/α-hetero) is 1. The zero-order valence-electron chi connectivity index (χ0n) is 7.02. The molecule has 0 aliphatic carbocycles. The molecule has 0 aromatic rings. The van der Waals surface area contributed by atoms with Gasteiger partial charge in [-0.1, -0.05) is 0 Å². The number of aliphatic carboxylic acids is 2. The average molecular weight is 190 g/mol. The molecule has 0 saturated heterocycles. The lowest BCUT2D eigenvalue weighted by molar-refractivity contribution is -0.148. The molecule has 0 rings (SSSR count). The van der Waals surface area contributed by atoms with Gasteiger partial charge in [-0.3, -0.25) is 9.59 Å². The lowest BCUT2D eigenvalue weighted by Crippen LogP contribution is -2.05. The van der Waals surface area contributed by atoms with Gasteiger partial charge < -0.3 is 15.0 Å². The normalized spacial score (nSPS) is 7.77. The van der Waals surface area contributed by atoms with Crippen LogP contribution in [-0.4, -0.2) is 34.2 Å². The largest absolute Gasteiger partial charge is 0.481 e. The molecule has 0 aromatic heterocycles. The van der Waals surface area contributed by atoms with Gasteiger partial charge >= 0.3 is 11.9 Å². The van der Waals surface area contributed by atoms with E-state index in [9.17, 15) is 19.2 Å². The van der Waals surface area contributed by atoms with Crippen molar-refractivity contribution in [2.75, 3.05) is 0 Å². The van der Waals surface area contributed by atoms with E-state index in [-0.39, 0.29) is 12.8 Å². The average Bonchev–Trinajstić information content (AvgIpc) is 2.01. The van der Waals surface area contributed by atoms with E-state index in [1.54, 1.807) is 0 Å². The third-order valence-corrected chi connectivity index (χ3v) is 0.777. The molecule has 0 saturated carbocycles. The predicted octanol–water partition coefficient (Wildman–Crippen LogP) is -0.290. The Morgan fingerprint density at radius 3 is 1.69 bits per heavy atom. The van der Waals surface area contributed by atoms with E-state index in [0.717, 1.165) is 6.92 Å². The van der Waals surface area contributed by atoms with Crippen LogP contribution in [0, 0.1) is 0 Å². The van der Waals surface area contributed by atoms with Crippen LogP contribution in [0.25, 0.3) is 0 Å². The minimum atomic E-state index is -1.38. The van der Waals surface area contributed by atoms with Crippen LogP contribution in [0.15, 0.2) is 0 Å². The number of rotatable bonds is 4. The first-order valence-corrected chi connectivity index (χ1v) is 3.31. The smallest absolute Gasteiger partial charge is 0.371 e. The van der Waals surface area contributed by atoms with Crippen molar-refractivity contribution in [1.82, 2.24) is 0 Å². The Labute approximate surface area is 74.2 Å². The molecule has 0 unspecified atom stereocenters. The van der Waals surface area contributed by atoms with Gasteiger partial charge in [-0.25, -0.2) is 4.79 Å². The number of carboxylic acid groups (broad SMARTS) is 2. The first-order valence-electron chi connectivity index (χ1n) is 3.31. The van der Waals surface area contributed by atoms with Crippen molar-refractivity contribution in [1.29, 1.82) is 0 Å². The van der Waals surface area contributed by atoms with Gasteiger partial charge in [-0.05, 0) is 0 Å². The minimum absolute atomic E-state index is 0.0521. The van der Waals surface area contributed by atoms with Crippen LogP contribution in [0.4, 0.5) is 0 Å². The van der Waals surface area contributed by atoms with Crippen molar-refractivity contribution in [2.45, 2.75) is 19.8 Å². The molecule has 0 radical (unpaired) electrons. The van der Waals surface area contributed by atoms with Crippen molar-refractivity contribution in [3.8, 4) is 0 Å². The van der Waals surface area contributed by atoms with Crippen molar-refractivity contribution in [2.24, 2.45) is 0 Å². The molecule has 0 bridgehead atoms. The summed E-state index contributed by atoms with van der Waals surface area (Å²) in [6.07, 6.45) is 0.660. The van der Waals surface area contributed by atoms with E-state index >= 15 is 0 Å². The highest BCUT2D eigenvalue weighted by atomic mass is 16.4. The van der Waals surface area contributed by atoms with Crippen LogP contribution in [0.2, 0.25) is 0 Å². The van der Waals surface area contributed by atoms with E-state index in [0.29, 0.717) is 6.29 Å². The number of aldehydes is 1. The van der Waals surface area contributed by atoms with Crippen LogP contribution < -0.4 is 0 Å². The molecule has 6 heteroatoms. The fourth-order valence-corrected chi connectivity index (χ4v) is 0.182. The van der Waals surface area contributed by atoms with Crippen LogP contribution in [0.3, 0.4) is 0 Å². The molecule has 0 amide bonds. The summed E-state index contributed by atoms with van der Waals surface area (Å²) in [5.41, 5.74) is 0. The Morgan fingerprint density at radius 2 is 1.62 bits per heavy atom. The van der Waals surface area contributed by atoms with Crippen molar-refractivity contribution in [3.63, 3.8) is 0 Å². The van der Waals surface area contributed by atoms with Crippen LogP contribution in [-0.2, 0) is 19.2 Å². The van der Waals surface area contributed by atoms with Gasteiger partial charge in [0.15, 0.2) is 0 Å². The molecular weight excluding hydrogens is 180 g/mol. The number of carbonyl (C=O) groups is 4.